The molecule has 2 rings (SSSR count). The molecule has 1 nitrogen and oxygen atoms in total. The van der Waals surface area contributed by atoms with Crippen molar-refractivity contribution in [2.75, 3.05) is 0 Å². The first kappa shape index (κ1) is 8.23. The van der Waals surface area contributed by atoms with Gasteiger partial charge in [0.15, 0.2) is 0 Å². The van der Waals surface area contributed by atoms with E-state index in [4.69, 9.17) is 5.73 Å². The van der Waals surface area contributed by atoms with Crippen molar-refractivity contribution in [1.29, 1.82) is 0 Å². The van der Waals surface area contributed by atoms with E-state index in [0.717, 1.165) is 4.47 Å². The smallest absolute Gasteiger partial charge is 0.0357 e. The third-order valence-electron chi connectivity index (χ3n) is 1.76. The Kier molecular flexibility index (Phi) is 2.17. The summed E-state index contributed by atoms with van der Waals surface area (Å²) in [7, 11) is 0. The molecule has 0 unspecified atom stereocenters. The summed E-state index contributed by atoms with van der Waals surface area (Å²) in [6.45, 7) is 0.631. The van der Waals surface area contributed by atoms with E-state index < -0.39 is 0 Å². The molecule has 0 amide bonds. The maximum Gasteiger partial charge on any atom is 0.0357 e. The molecular formula is C9H8BrNS. The van der Waals surface area contributed by atoms with Crippen molar-refractivity contribution in [2.24, 2.45) is 5.73 Å². The van der Waals surface area contributed by atoms with Crippen LogP contribution in [-0.4, -0.2) is 0 Å². The van der Waals surface area contributed by atoms with Crippen molar-refractivity contribution in [3.63, 3.8) is 0 Å². The van der Waals surface area contributed by atoms with E-state index in [1.54, 1.807) is 11.3 Å². The Morgan fingerprint density at radius 2 is 2.25 bits per heavy atom. The van der Waals surface area contributed by atoms with Crippen LogP contribution in [0.1, 0.15) is 4.88 Å². The maximum atomic E-state index is 5.56. The number of rotatable bonds is 1. The molecule has 0 radical (unpaired) electrons. The molecule has 0 saturated carbocycles. The van der Waals surface area contributed by atoms with Gasteiger partial charge in [-0.15, -0.1) is 11.3 Å². The van der Waals surface area contributed by atoms with Crippen molar-refractivity contribution in [2.45, 2.75) is 6.54 Å². The lowest BCUT2D eigenvalue weighted by molar-refractivity contribution is 1.11. The van der Waals surface area contributed by atoms with Gasteiger partial charge in [0.1, 0.15) is 0 Å². The Bertz CT molecular complexity index is 408. The molecule has 0 spiro atoms. The van der Waals surface area contributed by atoms with Gasteiger partial charge in [-0.05, 0) is 18.2 Å². The predicted octanol–water partition coefficient (Wildman–Crippen LogP) is 3.12. The molecule has 62 valence electrons. The molecule has 0 atom stereocenters. The van der Waals surface area contributed by atoms with E-state index in [2.05, 4.69) is 34.1 Å². The third kappa shape index (κ3) is 1.28. The Hall–Kier alpha value is -0.380. The van der Waals surface area contributed by atoms with Gasteiger partial charge in [-0.3, -0.25) is 0 Å². The van der Waals surface area contributed by atoms with Gasteiger partial charge >= 0.3 is 0 Å². The fourth-order valence-corrected chi connectivity index (χ4v) is 2.76. The first-order valence-corrected chi connectivity index (χ1v) is 5.29. The molecule has 0 aliphatic heterocycles. The van der Waals surface area contributed by atoms with Crippen LogP contribution in [0.5, 0.6) is 0 Å². The molecule has 0 fully saturated rings. The normalized spacial score (nSPS) is 10.8. The summed E-state index contributed by atoms with van der Waals surface area (Å²) < 4.78 is 2.45. The molecule has 0 saturated heterocycles. The summed E-state index contributed by atoms with van der Waals surface area (Å²) in [6.07, 6.45) is 0. The number of thiophene rings is 1. The monoisotopic (exact) mass is 241 g/mol. The zero-order valence-electron chi connectivity index (χ0n) is 6.38. The third-order valence-corrected chi connectivity index (χ3v) is 3.57. The highest BCUT2D eigenvalue weighted by Crippen LogP contribution is 2.30. The quantitative estimate of drug-likeness (QED) is 0.816. The van der Waals surface area contributed by atoms with Crippen molar-refractivity contribution in [3.8, 4) is 0 Å². The first-order valence-electron chi connectivity index (χ1n) is 3.68. The van der Waals surface area contributed by atoms with Gasteiger partial charge < -0.3 is 5.73 Å². The molecule has 0 bridgehead atoms. The standard InChI is InChI=1S/C9H8BrNS/c10-8-2-1-3-9-7(8)4-6(5-11)12-9/h1-4H,5,11H2. The number of nitrogens with two attached hydrogens (primary N) is 1. The van der Waals surface area contributed by atoms with Gasteiger partial charge in [-0.2, -0.15) is 0 Å². The van der Waals surface area contributed by atoms with E-state index in [-0.39, 0.29) is 0 Å². The molecule has 2 aromatic rings. The Morgan fingerprint density at radius 3 is 2.92 bits per heavy atom. The second-order valence-corrected chi connectivity index (χ2v) is 4.59. The van der Waals surface area contributed by atoms with E-state index >= 15 is 0 Å². The lowest BCUT2D eigenvalue weighted by atomic mass is 10.2. The highest BCUT2D eigenvalue weighted by molar-refractivity contribution is 9.10. The maximum absolute atomic E-state index is 5.56. The first-order chi connectivity index (χ1) is 5.81. The van der Waals surface area contributed by atoms with Gasteiger partial charge in [0.2, 0.25) is 0 Å². The number of fused-ring (bicyclic) bond motifs is 1. The van der Waals surface area contributed by atoms with Crippen LogP contribution in [-0.2, 0) is 6.54 Å². The lowest BCUT2D eigenvalue weighted by Crippen LogP contribution is -1.91. The second kappa shape index (κ2) is 3.17. The minimum absolute atomic E-state index is 0.631. The minimum Gasteiger partial charge on any atom is -0.326 e. The fourth-order valence-electron chi connectivity index (χ4n) is 1.18. The zero-order valence-corrected chi connectivity index (χ0v) is 8.78. The van der Waals surface area contributed by atoms with E-state index in [1.807, 2.05) is 6.07 Å². The summed E-state index contributed by atoms with van der Waals surface area (Å²) in [6, 6.07) is 8.35. The van der Waals surface area contributed by atoms with Crippen LogP contribution in [0.2, 0.25) is 0 Å². The summed E-state index contributed by atoms with van der Waals surface area (Å²) in [5.41, 5.74) is 5.56. The van der Waals surface area contributed by atoms with E-state index in [1.165, 1.54) is 15.0 Å². The van der Waals surface area contributed by atoms with Gasteiger partial charge in [-0.1, -0.05) is 22.0 Å². The van der Waals surface area contributed by atoms with Crippen LogP contribution in [0.3, 0.4) is 0 Å². The predicted molar refractivity (Wildman–Crippen MR) is 57.4 cm³/mol. The van der Waals surface area contributed by atoms with Crippen LogP contribution in [0, 0.1) is 0 Å². The Morgan fingerprint density at radius 1 is 1.42 bits per heavy atom. The van der Waals surface area contributed by atoms with Crippen molar-refractivity contribution in [1.82, 2.24) is 0 Å². The van der Waals surface area contributed by atoms with E-state index in [9.17, 15) is 0 Å². The number of halogens is 1. The fraction of sp³-hybridized carbons (Fsp3) is 0.111. The summed E-state index contributed by atoms with van der Waals surface area (Å²) in [5, 5.41) is 1.27. The van der Waals surface area contributed by atoms with Crippen molar-refractivity contribution < 1.29 is 0 Å². The van der Waals surface area contributed by atoms with Crippen LogP contribution in [0.15, 0.2) is 28.7 Å². The highest BCUT2D eigenvalue weighted by atomic mass is 79.9. The molecule has 3 heteroatoms. The highest BCUT2D eigenvalue weighted by Gasteiger charge is 2.02. The molecule has 0 aliphatic rings. The zero-order chi connectivity index (χ0) is 8.55. The average Bonchev–Trinajstić information content (AvgIpc) is 2.49. The molecule has 1 aromatic carbocycles. The average molecular weight is 242 g/mol. The van der Waals surface area contributed by atoms with Crippen LogP contribution >= 0.6 is 27.3 Å². The molecule has 1 aromatic heterocycles. The molecule has 12 heavy (non-hydrogen) atoms. The van der Waals surface area contributed by atoms with Gasteiger partial charge in [-0.25, -0.2) is 0 Å². The molecule has 1 heterocycles. The Balaban J connectivity index is 2.74. The van der Waals surface area contributed by atoms with E-state index in [0.29, 0.717) is 6.54 Å². The Labute approximate surface area is 83.3 Å². The van der Waals surface area contributed by atoms with Crippen molar-refractivity contribution in [3.05, 3.63) is 33.6 Å². The molecule has 0 aliphatic carbocycles. The lowest BCUT2D eigenvalue weighted by Gasteiger charge is -1.89. The summed E-state index contributed by atoms with van der Waals surface area (Å²) in [4.78, 5) is 1.23. The van der Waals surface area contributed by atoms with Crippen molar-refractivity contribution >= 4 is 37.4 Å². The largest absolute Gasteiger partial charge is 0.326 e. The summed E-state index contributed by atoms with van der Waals surface area (Å²) in [5.74, 6) is 0. The van der Waals surface area contributed by atoms with Gasteiger partial charge in [0.05, 0.1) is 0 Å². The SMILES string of the molecule is NCc1cc2c(Br)cccc2s1. The van der Waals surface area contributed by atoms with Gasteiger partial charge in [0.25, 0.3) is 0 Å². The summed E-state index contributed by atoms with van der Waals surface area (Å²) >= 11 is 5.26. The van der Waals surface area contributed by atoms with Crippen LogP contribution in [0.4, 0.5) is 0 Å². The van der Waals surface area contributed by atoms with Crippen LogP contribution < -0.4 is 5.73 Å². The minimum atomic E-state index is 0.631. The molecular weight excluding hydrogens is 234 g/mol. The number of benzene rings is 1. The van der Waals surface area contributed by atoms with Gasteiger partial charge in [0, 0.05) is 26.0 Å². The number of hydrogen-bond acceptors (Lipinski definition) is 2. The number of hydrogen-bond donors (Lipinski definition) is 1. The van der Waals surface area contributed by atoms with Crippen LogP contribution in [0.25, 0.3) is 10.1 Å². The topological polar surface area (TPSA) is 26.0 Å². The second-order valence-electron chi connectivity index (χ2n) is 2.57. The molecule has 2 N–H and O–H groups in total.